The summed E-state index contributed by atoms with van der Waals surface area (Å²) in [5.41, 5.74) is 0. The molecule has 0 amide bonds. The van der Waals surface area contributed by atoms with Crippen molar-refractivity contribution in [3.8, 4) is 0 Å². The van der Waals surface area contributed by atoms with Crippen LogP contribution in [0.25, 0.3) is 0 Å². The summed E-state index contributed by atoms with van der Waals surface area (Å²) in [5.74, 6) is 0. The standard InChI is InChI=1S/C10H10Cl3NO3S/c11-10(12,13)9-14(6-7-17-9)18(15,16)8-4-2-1-3-5-8/h1-5,9H,6-7H2. The van der Waals surface area contributed by atoms with Crippen molar-refractivity contribution in [1.82, 2.24) is 4.31 Å². The second-order valence-corrected chi connectivity index (χ2v) is 7.95. The van der Waals surface area contributed by atoms with E-state index in [-0.39, 0.29) is 18.0 Å². The third-order valence-corrected chi connectivity index (χ3v) is 4.90. The normalized spacial score (nSPS) is 22.3. The number of ether oxygens (including phenoxy) is 1. The van der Waals surface area contributed by atoms with Gasteiger partial charge in [-0.15, -0.1) is 0 Å². The maximum atomic E-state index is 12.4. The number of hydrogen-bond donors (Lipinski definition) is 0. The number of rotatable bonds is 2. The highest BCUT2D eigenvalue weighted by molar-refractivity contribution is 7.89. The molecule has 1 aromatic rings. The Kier molecular flexibility index (Phi) is 4.11. The first-order valence-electron chi connectivity index (χ1n) is 5.09. The number of sulfonamides is 1. The molecule has 0 saturated carbocycles. The first kappa shape index (κ1) is 14.4. The van der Waals surface area contributed by atoms with Crippen LogP contribution in [0.5, 0.6) is 0 Å². The molecular weight excluding hydrogens is 321 g/mol. The summed E-state index contributed by atoms with van der Waals surface area (Å²) in [7, 11) is -3.72. The van der Waals surface area contributed by atoms with Gasteiger partial charge in [0, 0.05) is 6.54 Å². The monoisotopic (exact) mass is 329 g/mol. The van der Waals surface area contributed by atoms with Crippen LogP contribution >= 0.6 is 34.8 Å². The Labute approximate surface area is 120 Å². The third-order valence-electron chi connectivity index (χ3n) is 2.48. The topological polar surface area (TPSA) is 46.6 Å². The summed E-state index contributed by atoms with van der Waals surface area (Å²) in [6, 6.07) is 7.97. The Morgan fingerprint density at radius 3 is 2.39 bits per heavy atom. The van der Waals surface area contributed by atoms with Crippen LogP contribution in [0.2, 0.25) is 0 Å². The lowest BCUT2D eigenvalue weighted by Gasteiger charge is -2.27. The molecule has 1 atom stereocenters. The lowest BCUT2D eigenvalue weighted by Crippen LogP contribution is -2.43. The van der Waals surface area contributed by atoms with Gasteiger partial charge in [0.15, 0.2) is 6.23 Å². The van der Waals surface area contributed by atoms with E-state index in [9.17, 15) is 8.42 Å². The summed E-state index contributed by atoms with van der Waals surface area (Å²) in [6.45, 7) is 0.362. The number of benzene rings is 1. The quantitative estimate of drug-likeness (QED) is 0.782. The van der Waals surface area contributed by atoms with Gasteiger partial charge in [-0.3, -0.25) is 0 Å². The number of nitrogens with zero attached hydrogens (tertiary/aromatic N) is 1. The minimum absolute atomic E-state index is 0.148. The fraction of sp³-hybridized carbons (Fsp3) is 0.400. The van der Waals surface area contributed by atoms with Crippen molar-refractivity contribution in [2.75, 3.05) is 13.2 Å². The van der Waals surface area contributed by atoms with Crippen LogP contribution in [-0.4, -0.2) is 35.9 Å². The number of halogens is 3. The molecular formula is C10H10Cl3NO3S. The fourth-order valence-electron chi connectivity index (χ4n) is 1.69. The van der Waals surface area contributed by atoms with E-state index >= 15 is 0 Å². The van der Waals surface area contributed by atoms with Gasteiger partial charge in [-0.2, -0.15) is 4.31 Å². The fourth-order valence-corrected chi connectivity index (χ4v) is 3.96. The van der Waals surface area contributed by atoms with Crippen LogP contribution < -0.4 is 0 Å². The highest BCUT2D eigenvalue weighted by Crippen LogP contribution is 2.38. The van der Waals surface area contributed by atoms with Crippen LogP contribution in [0, 0.1) is 0 Å². The molecule has 1 unspecified atom stereocenters. The summed E-state index contributed by atoms with van der Waals surface area (Å²) in [4.78, 5) is 0.148. The van der Waals surface area contributed by atoms with Crippen molar-refractivity contribution in [2.24, 2.45) is 0 Å². The maximum absolute atomic E-state index is 12.4. The van der Waals surface area contributed by atoms with E-state index in [4.69, 9.17) is 39.5 Å². The highest BCUT2D eigenvalue weighted by Gasteiger charge is 2.47. The maximum Gasteiger partial charge on any atom is 0.245 e. The zero-order chi connectivity index (χ0) is 13.4. The van der Waals surface area contributed by atoms with Crippen LogP contribution in [0.4, 0.5) is 0 Å². The van der Waals surface area contributed by atoms with Crippen LogP contribution in [0.3, 0.4) is 0 Å². The van der Waals surface area contributed by atoms with E-state index in [1.807, 2.05) is 0 Å². The molecule has 0 aliphatic carbocycles. The summed E-state index contributed by atoms with van der Waals surface area (Å²) >= 11 is 17.2. The molecule has 1 heterocycles. The van der Waals surface area contributed by atoms with Crippen molar-refractivity contribution < 1.29 is 13.2 Å². The van der Waals surface area contributed by atoms with Gasteiger partial charge in [0.1, 0.15) is 0 Å². The van der Waals surface area contributed by atoms with Gasteiger partial charge in [0.25, 0.3) is 0 Å². The minimum Gasteiger partial charge on any atom is -0.356 e. The average Bonchev–Trinajstić information content (AvgIpc) is 2.79. The molecule has 0 aromatic heterocycles. The number of alkyl halides is 3. The molecule has 0 bridgehead atoms. The van der Waals surface area contributed by atoms with E-state index in [0.29, 0.717) is 0 Å². The molecule has 0 spiro atoms. The van der Waals surface area contributed by atoms with Crippen LogP contribution in [0.15, 0.2) is 35.2 Å². The SMILES string of the molecule is O=S(=O)(c1ccccc1)N1CCOC1C(Cl)(Cl)Cl. The van der Waals surface area contributed by atoms with E-state index in [1.54, 1.807) is 18.2 Å². The molecule has 2 rings (SSSR count). The van der Waals surface area contributed by atoms with Gasteiger partial charge >= 0.3 is 0 Å². The molecule has 4 nitrogen and oxygen atoms in total. The van der Waals surface area contributed by atoms with E-state index < -0.39 is 20.0 Å². The zero-order valence-corrected chi connectivity index (χ0v) is 12.2. The van der Waals surface area contributed by atoms with Gasteiger partial charge in [-0.25, -0.2) is 8.42 Å². The van der Waals surface area contributed by atoms with E-state index in [1.165, 1.54) is 12.1 Å². The molecule has 18 heavy (non-hydrogen) atoms. The molecule has 1 aromatic carbocycles. The van der Waals surface area contributed by atoms with Crippen LogP contribution in [0.1, 0.15) is 0 Å². The summed E-state index contributed by atoms with van der Waals surface area (Å²) in [5, 5.41) is 0. The summed E-state index contributed by atoms with van der Waals surface area (Å²) < 4.78 is 29.2. The lowest BCUT2D eigenvalue weighted by molar-refractivity contribution is 0.0719. The predicted molar refractivity (Wildman–Crippen MR) is 70.4 cm³/mol. The Bertz CT molecular complexity index is 515. The van der Waals surface area contributed by atoms with Crippen molar-refractivity contribution in [2.45, 2.75) is 14.9 Å². The zero-order valence-electron chi connectivity index (χ0n) is 9.09. The highest BCUT2D eigenvalue weighted by atomic mass is 35.6. The Morgan fingerprint density at radius 2 is 1.83 bits per heavy atom. The first-order valence-corrected chi connectivity index (χ1v) is 7.66. The molecule has 1 fully saturated rings. The predicted octanol–water partition coefficient (Wildman–Crippen LogP) is 2.40. The molecule has 100 valence electrons. The molecule has 1 aliphatic rings. The second-order valence-electron chi connectivity index (χ2n) is 3.69. The smallest absolute Gasteiger partial charge is 0.245 e. The largest absolute Gasteiger partial charge is 0.356 e. The average molecular weight is 331 g/mol. The van der Waals surface area contributed by atoms with Crippen LogP contribution in [-0.2, 0) is 14.8 Å². The van der Waals surface area contributed by atoms with Crippen molar-refractivity contribution in [3.05, 3.63) is 30.3 Å². The Balaban J connectivity index is 2.37. The molecule has 0 radical (unpaired) electrons. The first-order chi connectivity index (χ1) is 8.33. The molecule has 1 saturated heterocycles. The van der Waals surface area contributed by atoms with Crippen molar-refractivity contribution in [1.29, 1.82) is 0 Å². The van der Waals surface area contributed by atoms with Gasteiger partial charge in [0.05, 0.1) is 11.5 Å². The van der Waals surface area contributed by atoms with Gasteiger partial charge in [-0.1, -0.05) is 53.0 Å². The molecule has 0 N–H and O–H groups in total. The van der Waals surface area contributed by atoms with Crippen molar-refractivity contribution in [3.63, 3.8) is 0 Å². The number of hydrogen-bond acceptors (Lipinski definition) is 3. The van der Waals surface area contributed by atoms with Crippen molar-refractivity contribution >= 4 is 44.8 Å². The summed E-state index contributed by atoms with van der Waals surface area (Å²) in [6.07, 6.45) is -1.10. The van der Waals surface area contributed by atoms with Gasteiger partial charge in [-0.05, 0) is 12.1 Å². The minimum atomic E-state index is -3.72. The Hall–Kier alpha value is -0.0400. The van der Waals surface area contributed by atoms with Gasteiger partial charge in [0.2, 0.25) is 13.8 Å². The second kappa shape index (κ2) is 5.15. The Morgan fingerprint density at radius 1 is 1.22 bits per heavy atom. The molecule has 1 aliphatic heterocycles. The van der Waals surface area contributed by atoms with E-state index in [0.717, 1.165) is 4.31 Å². The lowest BCUT2D eigenvalue weighted by atomic mass is 10.4. The third kappa shape index (κ3) is 2.76. The van der Waals surface area contributed by atoms with Gasteiger partial charge < -0.3 is 4.74 Å². The molecule has 8 heteroatoms. The van der Waals surface area contributed by atoms with E-state index in [2.05, 4.69) is 0 Å².